The molecule has 0 amide bonds. The summed E-state index contributed by atoms with van der Waals surface area (Å²) in [7, 11) is -3.53. The van der Waals surface area contributed by atoms with Crippen LogP contribution in [0.2, 0.25) is 0 Å². The Kier molecular flexibility index (Phi) is 4.76. The van der Waals surface area contributed by atoms with Crippen molar-refractivity contribution < 1.29 is 14.0 Å². The van der Waals surface area contributed by atoms with Gasteiger partial charge in [-0.2, -0.15) is 0 Å². The molecule has 1 N–H and O–H groups in total. The maximum absolute atomic E-state index is 11.0. The number of hydrogen-bond donors (Lipinski definition) is 1. The van der Waals surface area contributed by atoms with Gasteiger partial charge in [0.25, 0.3) is 0 Å². The van der Waals surface area contributed by atoms with E-state index >= 15 is 0 Å². The van der Waals surface area contributed by atoms with Crippen molar-refractivity contribution in [3.63, 3.8) is 0 Å². The van der Waals surface area contributed by atoms with Crippen molar-refractivity contribution in [3.8, 4) is 0 Å². The maximum atomic E-state index is 11.0. The monoisotopic (exact) mass is 226 g/mol. The summed E-state index contributed by atoms with van der Waals surface area (Å²) < 4.78 is 15.8. The zero-order valence-electron chi connectivity index (χ0n) is 8.50. The van der Waals surface area contributed by atoms with Crippen LogP contribution in [0.25, 0.3) is 0 Å². The Bertz CT molecular complexity index is 348. The van der Waals surface area contributed by atoms with Gasteiger partial charge < -0.3 is 9.42 Å². The third kappa shape index (κ3) is 4.93. The lowest BCUT2D eigenvalue weighted by Crippen LogP contribution is -1.94. The van der Waals surface area contributed by atoms with Gasteiger partial charge in [-0.15, -0.1) is 0 Å². The molecule has 1 atom stereocenters. The lowest BCUT2D eigenvalue weighted by atomic mass is 10.1. The molecule has 15 heavy (non-hydrogen) atoms. The second kappa shape index (κ2) is 5.86. The van der Waals surface area contributed by atoms with Crippen LogP contribution >= 0.6 is 7.60 Å². The standard InChI is InChI=1S/C11H15O3P/c1-2-15(12,13)14-10-6-9-11-7-4-3-5-8-11/h2-5,7-8H,1,6,9-10H2,(H,12,13). The van der Waals surface area contributed by atoms with Gasteiger partial charge in [0.1, 0.15) is 0 Å². The third-order valence-electron chi connectivity index (χ3n) is 1.96. The Morgan fingerprint density at radius 2 is 2.07 bits per heavy atom. The predicted molar refractivity (Wildman–Crippen MR) is 60.7 cm³/mol. The van der Waals surface area contributed by atoms with Crippen molar-refractivity contribution >= 4 is 7.60 Å². The van der Waals surface area contributed by atoms with Gasteiger partial charge in [0.2, 0.25) is 0 Å². The topological polar surface area (TPSA) is 46.5 Å². The predicted octanol–water partition coefficient (Wildman–Crippen LogP) is 2.96. The fourth-order valence-corrected chi connectivity index (χ4v) is 1.67. The maximum Gasteiger partial charge on any atom is 0.351 e. The van der Waals surface area contributed by atoms with E-state index in [2.05, 4.69) is 6.58 Å². The summed E-state index contributed by atoms with van der Waals surface area (Å²) in [5, 5.41) is 0. The van der Waals surface area contributed by atoms with Crippen LogP contribution in [0.5, 0.6) is 0 Å². The minimum Gasteiger partial charge on any atom is -0.321 e. The molecule has 4 heteroatoms. The Labute approximate surface area is 89.9 Å². The average molecular weight is 226 g/mol. The van der Waals surface area contributed by atoms with Crippen molar-refractivity contribution in [2.75, 3.05) is 6.61 Å². The molecule has 1 aromatic carbocycles. The van der Waals surface area contributed by atoms with Crippen LogP contribution in [0.3, 0.4) is 0 Å². The summed E-state index contributed by atoms with van der Waals surface area (Å²) in [4.78, 5) is 9.04. The van der Waals surface area contributed by atoms with Gasteiger partial charge in [0, 0.05) is 5.82 Å². The molecule has 0 aliphatic rings. The van der Waals surface area contributed by atoms with Gasteiger partial charge in [-0.25, -0.2) is 0 Å². The number of aryl methyl sites for hydroxylation is 1. The van der Waals surface area contributed by atoms with Gasteiger partial charge in [0.15, 0.2) is 0 Å². The van der Waals surface area contributed by atoms with E-state index in [-0.39, 0.29) is 6.61 Å². The first-order chi connectivity index (χ1) is 7.14. The molecule has 0 fully saturated rings. The van der Waals surface area contributed by atoms with Crippen LogP contribution in [0.1, 0.15) is 12.0 Å². The lowest BCUT2D eigenvalue weighted by molar-refractivity contribution is 0.264. The van der Waals surface area contributed by atoms with E-state index in [1.807, 2.05) is 30.3 Å². The molecular weight excluding hydrogens is 211 g/mol. The van der Waals surface area contributed by atoms with Gasteiger partial charge in [-0.3, -0.25) is 4.57 Å². The number of rotatable bonds is 6. The van der Waals surface area contributed by atoms with Crippen LogP contribution in [-0.2, 0) is 15.5 Å². The fraction of sp³-hybridized carbons (Fsp3) is 0.273. The zero-order valence-corrected chi connectivity index (χ0v) is 9.40. The molecule has 1 unspecified atom stereocenters. The van der Waals surface area contributed by atoms with E-state index in [1.54, 1.807) is 0 Å². The number of benzene rings is 1. The van der Waals surface area contributed by atoms with Crippen molar-refractivity contribution in [3.05, 3.63) is 48.3 Å². The van der Waals surface area contributed by atoms with E-state index in [1.165, 1.54) is 5.56 Å². The number of hydrogen-bond acceptors (Lipinski definition) is 2. The van der Waals surface area contributed by atoms with E-state index in [9.17, 15) is 4.57 Å². The minimum absolute atomic E-state index is 0.273. The molecule has 0 saturated carbocycles. The van der Waals surface area contributed by atoms with E-state index in [0.29, 0.717) is 0 Å². The molecule has 1 rings (SSSR count). The van der Waals surface area contributed by atoms with Gasteiger partial charge in [-0.1, -0.05) is 36.9 Å². The zero-order chi connectivity index (χ0) is 11.1. The molecule has 0 aromatic heterocycles. The Morgan fingerprint density at radius 1 is 1.40 bits per heavy atom. The molecule has 3 nitrogen and oxygen atoms in total. The average Bonchev–Trinajstić information content (AvgIpc) is 2.26. The molecule has 0 saturated heterocycles. The fourth-order valence-electron chi connectivity index (χ4n) is 1.17. The van der Waals surface area contributed by atoms with Crippen molar-refractivity contribution in [1.82, 2.24) is 0 Å². The third-order valence-corrected chi connectivity index (χ3v) is 2.97. The highest BCUT2D eigenvalue weighted by Crippen LogP contribution is 2.42. The molecule has 0 aliphatic carbocycles. The Balaban J connectivity index is 2.23. The SMILES string of the molecule is C=CP(=O)(O)OCCCc1ccccc1. The van der Waals surface area contributed by atoms with Gasteiger partial charge >= 0.3 is 7.60 Å². The molecule has 0 spiro atoms. The van der Waals surface area contributed by atoms with Gasteiger partial charge in [0.05, 0.1) is 6.61 Å². The molecule has 0 bridgehead atoms. The van der Waals surface area contributed by atoms with Crippen LogP contribution in [0, 0.1) is 0 Å². The normalized spacial score (nSPS) is 14.5. The highest BCUT2D eigenvalue weighted by atomic mass is 31.2. The molecule has 82 valence electrons. The summed E-state index contributed by atoms with van der Waals surface area (Å²) in [6.07, 6.45) is 1.57. The summed E-state index contributed by atoms with van der Waals surface area (Å²) in [6, 6.07) is 9.94. The van der Waals surface area contributed by atoms with Crippen LogP contribution in [0.15, 0.2) is 42.7 Å². The highest BCUT2D eigenvalue weighted by Gasteiger charge is 2.11. The minimum atomic E-state index is -3.53. The first kappa shape index (κ1) is 12.2. The largest absolute Gasteiger partial charge is 0.351 e. The highest BCUT2D eigenvalue weighted by molar-refractivity contribution is 7.56. The molecule has 0 radical (unpaired) electrons. The summed E-state index contributed by atoms with van der Waals surface area (Å²) in [5.41, 5.74) is 1.20. The summed E-state index contributed by atoms with van der Waals surface area (Å²) >= 11 is 0. The Hall–Kier alpha value is -0.890. The second-order valence-electron chi connectivity index (χ2n) is 3.17. The first-order valence-corrected chi connectivity index (χ1v) is 6.43. The van der Waals surface area contributed by atoms with Crippen molar-refractivity contribution in [2.24, 2.45) is 0 Å². The molecule has 0 heterocycles. The van der Waals surface area contributed by atoms with E-state index in [0.717, 1.165) is 18.7 Å². The first-order valence-electron chi connectivity index (χ1n) is 4.78. The molecule has 0 aliphatic heterocycles. The molecule has 1 aromatic rings. The quantitative estimate of drug-likeness (QED) is 0.599. The summed E-state index contributed by atoms with van der Waals surface area (Å²) in [5.74, 6) is 0.954. The Morgan fingerprint density at radius 3 is 2.67 bits per heavy atom. The second-order valence-corrected chi connectivity index (χ2v) is 4.92. The smallest absolute Gasteiger partial charge is 0.321 e. The van der Waals surface area contributed by atoms with Crippen molar-refractivity contribution in [2.45, 2.75) is 12.8 Å². The van der Waals surface area contributed by atoms with Crippen LogP contribution in [0.4, 0.5) is 0 Å². The summed E-state index contributed by atoms with van der Waals surface area (Å²) in [6.45, 7) is 3.50. The van der Waals surface area contributed by atoms with Crippen LogP contribution < -0.4 is 0 Å². The van der Waals surface area contributed by atoms with Crippen LogP contribution in [-0.4, -0.2) is 11.5 Å². The molecular formula is C11H15O3P. The van der Waals surface area contributed by atoms with Crippen molar-refractivity contribution in [1.29, 1.82) is 0 Å². The van der Waals surface area contributed by atoms with Gasteiger partial charge in [-0.05, 0) is 18.4 Å². The van der Waals surface area contributed by atoms with E-state index in [4.69, 9.17) is 9.42 Å². The lowest BCUT2D eigenvalue weighted by Gasteiger charge is -2.07. The van der Waals surface area contributed by atoms with E-state index < -0.39 is 7.60 Å².